The predicted molar refractivity (Wildman–Crippen MR) is 109 cm³/mol. The summed E-state index contributed by atoms with van der Waals surface area (Å²) in [4.78, 5) is 8.55. The molecule has 0 bridgehead atoms. The Bertz CT molecular complexity index is 781. The van der Waals surface area contributed by atoms with Gasteiger partial charge in [0.2, 0.25) is 0 Å². The van der Waals surface area contributed by atoms with Crippen molar-refractivity contribution in [2.45, 2.75) is 26.0 Å². The van der Waals surface area contributed by atoms with Crippen LogP contribution in [0.3, 0.4) is 0 Å². The topological polar surface area (TPSA) is 59.1 Å². The first-order chi connectivity index (χ1) is 13.4. The van der Waals surface area contributed by atoms with Crippen molar-refractivity contribution in [1.82, 2.24) is 15.3 Å². The fraction of sp³-hybridized carbons (Fsp3) is 0.273. The maximum Gasteiger partial charge on any atom is 0.130 e. The Hall–Kier alpha value is -2.92. The molecule has 2 N–H and O–H groups in total. The molecule has 0 aliphatic rings. The van der Waals surface area contributed by atoms with Gasteiger partial charge in [0.1, 0.15) is 18.2 Å². The van der Waals surface area contributed by atoms with E-state index in [1.54, 1.807) is 12.4 Å². The van der Waals surface area contributed by atoms with Gasteiger partial charge in [0.15, 0.2) is 0 Å². The molecule has 0 fully saturated rings. The molecule has 0 spiro atoms. The maximum absolute atomic E-state index is 5.95. The molecule has 140 valence electrons. The van der Waals surface area contributed by atoms with Crippen LogP contribution in [-0.2, 0) is 13.2 Å². The molecular formula is C22H26N4O. The van der Waals surface area contributed by atoms with E-state index >= 15 is 0 Å². The average molecular weight is 362 g/mol. The van der Waals surface area contributed by atoms with E-state index in [1.165, 1.54) is 5.56 Å². The summed E-state index contributed by atoms with van der Waals surface area (Å²) in [6.07, 6.45) is 5.80. The van der Waals surface area contributed by atoms with Crippen molar-refractivity contribution in [3.05, 3.63) is 84.3 Å². The zero-order chi connectivity index (χ0) is 18.6. The van der Waals surface area contributed by atoms with E-state index in [0.29, 0.717) is 6.61 Å². The number of pyridine rings is 2. The summed E-state index contributed by atoms with van der Waals surface area (Å²) < 4.78 is 5.95. The van der Waals surface area contributed by atoms with Crippen LogP contribution in [0.5, 0.6) is 5.75 Å². The predicted octanol–water partition coefficient (Wildman–Crippen LogP) is 4.04. The Labute approximate surface area is 160 Å². The summed E-state index contributed by atoms with van der Waals surface area (Å²) in [6, 6.07) is 19.9. The van der Waals surface area contributed by atoms with E-state index in [0.717, 1.165) is 49.7 Å². The van der Waals surface area contributed by atoms with Gasteiger partial charge in [0, 0.05) is 31.0 Å². The van der Waals surface area contributed by atoms with E-state index in [4.69, 9.17) is 4.74 Å². The molecule has 3 aromatic rings. The summed E-state index contributed by atoms with van der Waals surface area (Å²) in [5.41, 5.74) is 2.10. The summed E-state index contributed by atoms with van der Waals surface area (Å²) in [6.45, 7) is 3.18. The summed E-state index contributed by atoms with van der Waals surface area (Å²) >= 11 is 0. The molecule has 2 heterocycles. The monoisotopic (exact) mass is 362 g/mol. The number of rotatable bonds is 11. The third-order valence-electron chi connectivity index (χ3n) is 4.14. The number of unbranched alkanes of at least 4 members (excludes halogenated alkanes) is 1. The average Bonchev–Trinajstić information content (AvgIpc) is 2.74. The van der Waals surface area contributed by atoms with E-state index in [1.807, 2.05) is 54.6 Å². The minimum Gasteiger partial charge on any atom is -0.487 e. The standard InChI is InChI=1S/C22H26N4O/c1-2-11-21(27-18-20-10-3-5-14-24-20)19(9-1)17-23-13-7-8-16-26-22-12-4-6-15-25-22/h1-6,9-12,14-15,23H,7-8,13,16-18H2,(H,25,26). The highest BCUT2D eigenvalue weighted by atomic mass is 16.5. The molecule has 0 amide bonds. The molecule has 5 nitrogen and oxygen atoms in total. The van der Waals surface area contributed by atoms with Crippen molar-refractivity contribution in [1.29, 1.82) is 0 Å². The smallest absolute Gasteiger partial charge is 0.130 e. The Morgan fingerprint density at radius 1 is 0.778 bits per heavy atom. The molecular weight excluding hydrogens is 336 g/mol. The van der Waals surface area contributed by atoms with E-state index in [-0.39, 0.29) is 0 Å². The van der Waals surface area contributed by atoms with Crippen LogP contribution in [-0.4, -0.2) is 23.1 Å². The second-order valence-corrected chi connectivity index (χ2v) is 6.24. The molecule has 27 heavy (non-hydrogen) atoms. The van der Waals surface area contributed by atoms with Crippen molar-refractivity contribution in [2.75, 3.05) is 18.4 Å². The first-order valence-electron chi connectivity index (χ1n) is 9.38. The highest BCUT2D eigenvalue weighted by Gasteiger charge is 2.03. The third kappa shape index (κ3) is 6.72. The summed E-state index contributed by atoms with van der Waals surface area (Å²) in [5.74, 6) is 1.84. The molecule has 2 aromatic heterocycles. The number of benzene rings is 1. The minimum absolute atomic E-state index is 0.483. The second kappa shape index (κ2) is 10.9. The highest BCUT2D eigenvalue weighted by Crippen LogP contribution is 2.18. The van der Waals surface area contributed by atoms with Crippen LogP contribution < -0.4 is 15.4 Å². The molecule has 1 aromatic carbocycles. The lowest BCUT2D eigenvalue weighted by molar-refractivity contribution is 0.297. The van der Waals surface area contributed by atoms with Crippen molar-refractivity contribution in [3.8, 4) is 5.75 Å². The fourth-order valence-electron chi connectivity index (χ4n) is 2.71. The van der Waals surface area contributed by atoms with Gasteiger partial charge in [-0.05, 0) is 49.7 Å². The molecule has 0 aliphatic carbocycles. The van der Waals surface area contributed by atoms with Crippen molar-refractivity contribution < 1.29 is 4.74 Å². The molecule has 0 saturated carbocycles. The van der Waals surface area contributed by atoms with Crippen LogP contribution in [0, 0.1) is 0 Å². The van der Waals surface area contributed by atoms with Crippen molar-refractivity contribution in [3.63, 3.8) is 0 Å². The Morgan fingerprint density at radius 2 is 1.56 bits per heavy atom. The minimum atomic E-state index is 0.483. The van der Waals surface area contributed by atoms with Crippen molar-refractivity contribution >= 4 is 5.82 Å². The van der Waals surface area contributed by atoms with Crippen LogP contribution in [0.1, 0.15) is 24.1 Å². The first kappa shape index (κ1) is 18.9. The molecule has 0 saturated heterocycles. The first-order valence-corrected chi connectivity index (χ1v) is 9.38. The van der Waals surface area contributed by atoms with Crippen LogP contribution in [0.15, 0.2) is 73.1 Å². The number of para-hydroxylation sites is 1. The normalized spacial score (nSPS) is 10.5. The highest BCUT2D eigenvalue weighted by molar-refractivity contribution is 5.33. The lowest BCUT2D eigenvalue weighted by atomic mass is 10.2. The quantitative estimate of drug-likeness (QED) is 0.504. The summed E-state index contributed by atoms with van der Waals surface area (Å²) in [5, 5.41) is 6.83. The molecule has 0 radical (unpaired) electrons. The van der Waals surface area contributed by atoms with Gasteiger partial charge in [0.05, 0.1) is 5.69 Å². The zero-order valence-corrected chi connectivity index (χ0v) is 15.5. The number of anilines is 1. The Balaban J connectivity index is 1.34. The molecule has 5 heteroatoms. The van der Waals surface area contributed by atoms with E-state index in [2.05, 4.69) is 26.7 Å². The molecule has 0 aliphatic heterocycles. The van der Waals surface area contributed by atoms with Crippen LogP contribution in [0.2, 0.25) is 0 Å². The number of ether oxygens (including phenoxy) is 1. The van der Waals surface area contributed by atoms with Crippen LogP contribution in [0.4, 0.5) is 5.82 Å². The van der Waals surface area contributed by atoms with Gasteiger partial charge < -0.3 is 15.4 Å². The Morgan fingerprint density at radius 3 is 2.37 bits per heavy atom. The lowest BCUT2D eigenvalue weighted by Gasteiger charge is -2.12. The van der Waals surface area contributed by atoms with Gasteiger partial charge in [-0.2, -0.15) is 0 Å². The Kier molecular flexibility index (Phi) is 7.64. The zero-order valence-electron chi connectivity index (χ0n) is 15.5. The largest absolute Gasteiger partial charge is 0.487 e. The molecule has 3 rings (SSSR count). The number of nitrogens with zero attached hydrogens (tertiary/aromatic N) is 2. The van der Waals surface area contributed by atoms with Gasteiger partial charge in [0.25, 0.3) is 0 Å². The van der Waals surface area contributed by atoms with Gasteiger partial charge in [-0.3, -0.25) is 4.98 Å². The van der Waals surface area contributed by atoms with Crippen LogP contribution >= 0.6 is 0 Å². The number of nitrogens with one attached hydrogen (secondary N) is 2. The van der Waals surface area contributed by atoms with Gasteiger partial charge in [-0.1, -0.05) is 30.3 Å². The SMILES string of the molecule is c1ccc(COc2ccccc2CNCCCCNc2ccccn2)nc1. The fourth-order valence-corrected chi connectivity index (χ4v) is 2.71. The third-order valence-corrected chi connectivity index (χ3v) is 4.14. The summed E-state index contributed by atoms with van der Waals surface area (Å²) in [7, 11) is 0. The number of hydrogen-bond donors (Lipinski definition) is 2. The maximum atomic E-state index is 5.95. The lowest BCUT2D eigenvalue weighted by Crippen LogP contribution is -2.16. The number of aromatic nitrogens is 2. The van der Waals surface area contributed by atoms with E-state index in [9.17, 15) is 0 Å². The van der Waals surface area contributed by atoms with Gasteiger partial charge in [-0.15, -0.1) is 0 Å². The van der Waals surface area contributed by atoms with Crippen molar-refractivity contribution in [2.24, 2.45) is 0 Å². The van der Waals surface area contributed by atoms with Crippen LogP contribution in [0.25, 0.3) is 0 Å². The van der Waals surface area contributed by atoms with Gasteiger partial charge in [-0.25, -0.2) is 4.98 Å². The number of hydrogen-bond acceptors (Lipinski definition) is 5. The second-order valence-electron chi connectivity index (χ2n) is 6.24. The van der Waals surface area contributed by atoms with E-state index < -0.39 is 0 Å². The van der Waals surface area contributed by atoms with Gasteiger partial charge >= 0.3 is 0 Å². The molecule has 0 atom stereocenters. The molecule has 0 unspecified atom stereocenters.